The summed E-state index contributed by atoms with van der Waals surface area (Å²) in [4.78, 5) is 27.4. The predicted molar refractivity (Wildman–Crippen MR) is 128 cm³/mol. The molecule has 0 unspecified atom stereocenters. The van der Waals surface area contributed by atoms with Crippen LogP contribution in [0.3, 0.4) is 0 Å². The normalized spacial score (nSPS) is 12.2. The summed E-state index contributed by atoms with van der Waals surface area (Å²) in [6.07, 6.45) is 1.08. The Bertz CT molecular complexity index is 1080. The molecule has 0 bridgehead atoms. The molecule has 1 atom stereocenters. The average Bonchev–Trinajstić information content (AvgIpc) is 2.71. The second kappa shape index (κ2) is 10.6. The number of benzene rings is 2. The second-order valence-electron chi connectivity index (χ2n) is 8.07. The Labute approximate surface area is 191 Å². The van der Waals surface area contributed by atoms with Gasteiger partial charge in [0.25, 0.3) is 0 Å². The van der Waals surface area contributed by atoms with Gasteiger partial charge in [-0.1, -0.05) is 42.0 Å². The number of amides is 2. The number of hydrogen-bond acceptors (Lipinski definition) is 4. The molecule has 0 radical (unpaired) electrons. The van der Waals surface area contributed by atoms with E-state index in [0.29, 0.717) is 12.2 Å². The van der Waals surface area contributed by atoms with Crippen molar-refractivity contribution in [1.29, 1.82) is 0 Å². The number of rotatable bonds is 9. The van der Waals surface area contributed by atoms with E-state index in [1.165, 1.54) is 4.90 Å². The Hall–Kier alpha value is -2.87. The Morgan fingerprint density at radius 3 is 2.31 bits per heavy atom. The first-order valence-corrected chi connectivity index (χ1v) is 12.5. The van der Waals surface area contributed by atoms with Crippen LogP contribution >= 0.6 is 0 Å². The Morgan fingerprint density at radius 2 is 1.72 bits per heavy atom. The molecule has 0 aromatic heterocycles. The van der Waals surface area contributed by atoms with Crippen LogP contribution in [0.15, 0.2) is 42.5 Å². The second-order valence-corrected chi connectivity index (χ2v) is 9.98. The highest BCUT2D eigenvalue weighted by atomic mass is 32.2. The van der Waals surface area contributed by atoms with Gasteiger partial charge in [-0.25, -0.2) is 8.42 Å². The number of nitrogens with one attached hydrogen (secondary N) is 1. The molecule has 0 saturated heterocycles. The fourth-order valence-electron chi connectivity index (χ4n) is 3.51. The van der Waals surface area contributed by atoms with Gasteiger partial charge in [-0.15, -0.1) is 0 Å². The molecule has 174 valence electrons. The number of aryl methyl sites for hydroxylation is 2. The first-order valence-electron chi connectivity index (χ1n) is 10.6. The lowest BCUT2D eigenvalue weighted by atomic mass is 10.1. The summed E-state index contributed by atoms with van der Waals surface area (Å²) in [5.41, 5.74) is 4.08. The van der Waals surface area contributed by atoms with Crippen LogP contribution in [0.2, 0.25) is 0 Å². The van der Waals surface area contributed by atoms with Gasteiger partial charge in [-0.05, 0) is 57.4 Å². The molecule has 32 heavy (non-hydrogen) atoms. The lowest BCUT2D eigenvalue weighted by Crippen LogP contribution is -2.51. The SMILES string of the molecule is CCNC(=O)[C@H](C)N(Cc1cccc(C)c1)C(=O)CN(c1cccc(C)c1C)S(C)(=O)=O. The van der Waals surface area contributed by atoms with Crippen molar-refractivity contribution >= 4 is 27.5 Å². The minimum absolute atomic E-state index is 0.198. The highest BCUT2D eigenvalue weighted by Gasteiger charge is 2.30. The van der Waals surface area contributed by atoms with E-state index in [4.69, 9.17) is 0 Å². The van der Waals surface area contributed by atoms with Crippen molar-refractivity contribution in [3.8, 4) is 0 Å². The van der Waals surface area contributed by atoms with Gasteiger partial charge in [-0.3, -0.25) is 13.9 Å². The minimum atomic E-state index is -3.74. The van der Waals surface area contributed by atoms with Crippen molar-refractivity contribution in [1.82, 2.24) is 10.2 Å². The summed E-state index contributed by atoms with van der Waals surface area (Å²) in [7, 11) is -3.74. The summed E-state index contributed by atoms with van der Waals surface area (Å²) >= 11 is 0. The van der Waals surface area contributed by atoms with Crippen LogP contribution in [0.25, 0.3) is 0 Å². The Balaban J connectivity index is 2.43. The zero-order chi connectivity index (χ0) is 24.1. The van der Waals surface area contributed by atoms with E-state index in [-0.39, 0.29) is 12.5 Å². The molecular formula is C24H33N3O4S. The van der Waals surface area contributed by atoms with Crippen molar-refractivity contribution < 1.29 is 18.0 Å². The number of carbonyl (C=O) groups is 2. The molecule has 2 amide bonds. The fraction of sp³-hybridized carbons (Fsp3) is 0.417. The number of carbonyl (C=O) groups excluding carboxylic acids is 2. The van der Waals surface area contributed by atoms with Gasteiger partial charge < -0.3 is 10.2 Å². The molecular weight excluding hydrogens is 426 g/mol. The van der Waals surface area contributed by atoms with E-state index < -0.39 is 28.5 Å². The maximum atomic E-state index is 13.4. The van der Waals surface area contributed by atoms with Crippen LogP contribution < -0.4 is 9.62 Å². The van der Waals surface area contributed by atoms with Crippen molar-refractivity contribution in [2.24, 2.45) is 0 Å². The molecule has 0 aliphatic heterocycles. The molecule has 1 N–H and O–H groups in total. The molecule has 2 aromatic rings. The number of likely N-dealkylation sites (N-methyl/N-ethyl adjacent to an activating group) is 1. The topological polar surface area (TPSA) is 86.8 Å². The van der Waals surface area contributed by atoms with Crippen LogP contribution in [-0.4, -0.2) is 50.5 Å². The van der Waals surface area contributed by atoms with Crippen LogP contribution in [-0.2, 0) is 26.2 Å². The molecule has 2 aromatic carbocycles. The van der Waals surface area contributed by atoms with E-state index >= 15 is 0 Å². The zero-order valence-corrected chi connectivity index (χ0v) is 20.5. The third kappa shape index (κ3) is 6.32. The van der Waals surface area contributed by atoms with Gasteiger partial charge in [-0.2, -0.15) is 0 Å². The average molecular weight is 460 g/mol. The Morgan fingerprint density at radius 1 is 1.06 bits per heavy atom. The lowest BCUT2D eigenvalue weighted by Gasteiger charge is -2.32. The molecule has 8 heteroatoms. The molecule has 0 spiro atoms. The zero-order valence-electron chi connectivity index (χ0n) is 19.7. The van der Waals surface area contributed by atoms with E-state index in [9.17, 15) is 18.0 Å². The van der Waals surface area contributed by atoms with Gasteiger partial charge in [0, 0.05) is 13.1 Å². The lowest BCUT2D eigenvalue weighted by molar-refractivity contribution is -0.139. The molecule has 7 nitrogen and oxygen atoms in total. The fourth-order valence-corrected chi connectivity index (χ4v) is 4.41. The van der Waals surface area contributed by atoms with Gasteiger partial charge in [0.2, 0.25) is 21.8 Å². The Kier molecular flexibility index (Phi) is 8.44. The smallest absolute Gasteiger partial charge is 0.244 e. The van der Waals surface area contributed by atoms with E-state index in [2.05, 4.69) is 5.32 Å². The van der Waals surface area contributed by atoms with Crippen LogP contribution in [0.4, 0.5) is 5.69 Å². The maximum absolute atomic E-state index is 13.4. The van der Waals surface area contributed by atoms with E-state index in [1.807, 2.05) is 58.0 Å². The van der Waals surface area contributed by atoms with Crippen molar-refractivity contribution in [3.63, 3.8) is 0 Å². The number of nitrogens with zero attached hydrogens (tertiary/aromatic N) is 2. The summed E-state index contributed by atoms with van der Waals surface area (Å²) in [6, 6.07) is 12.3. The highest BCUT2D eigenvalue weighted by molar-refractivity contribution is 7.92. The first kappa shape index (κ1) is 25.4. The van der Waals surface area contributed by atoms with Crippen molar-refractivity contribution in [2.75, 3.05) is 23.7 Å². The van der Waals surface area contributed by atoms with Crippen molar-refractivity contribution in [2.45, 2.75) is 47.2 Å². The minimum Gasteiger partial charge on any atom is -0.355 e. The maximum Gasteiger partial charge on any atom is 0.244 e. The van der Waals surface area contributed by atoms with Gasteiger partial charge >= 0.3 is 0 Å². The molecule has 0 saturated carbocycles. The van der Waals surface area contributed by atoms with Crippen LogP contribution in [0.1, 0.15) is 36.1 Å². The summed E-state index contributed by atoms with van der Waals surface area (Å²) in [5.74, 6) is -0.734. The van der Waals surface area contributed by atoms with E-state index in [1.54, 1.807) is 19.1 Å². The molecule has 0 aliphatic rings. The molecule has 0 aliphatic carbocycles. The largest absolute Gasteiger partial charge is 0.355 e. The molecule has 0 fully saturated rings. The number of sulfonamides is 1. The number of anilines is 1. The van der Waals surface area contributed by atoms with Crippen molar-refractivity contribution in [3.05, 3.63) is 64.7 Å². The van der Waals surface area contributed by atoms with Gasteiger partial charge in [0.05, 0.1) is 11.9 Å². The van der Waals surface area contributed by atoms with Crippen LogP contribution in [0, 0.1) is 20.8 Å². The van der Waals surface area contributed by atoms with E-state index in [0.717, 1.165) is 32.8 Å². The first-order chi connectivity index (χ1) is 15.0. The quantitative estimate of drug-likeness (QED) is 0.625. The molecule has 2 rings (SSSR count). The summed E-state index contributed by atoms with van der Waals surface area (Å²) in [5, 5.41) is 2.74. The van der Waals surface area contributed by atoms with Gasteiger partial charge in [0.15, 0.2) is 0 Å². The highest BCUT2D eigenvalue weighted by Crippen LogP contribution is 2.25. The summed E-state index contributed by atoms with van der Waals surface area (Å²) in [6.45, 7) is 9.38. The third-order valence-corrected chi connectivity index (χ3v) is 6.60. The predicted octanol–water partition coefficient (Wildman–Crippen LogP) is 2.93. The van der Waals surface area contributed by atoms with Gasteiger partial charge in [0.1, 0.15) is 12.6 Å². The molecule has 0 heterocycles. The monoisotopic (exact) mass is 459 g/mol. The van der Waals surface area contributed by atoms with Crippen LogP contribution in [0.5, 0.6) is 0 Å². The summed E-state index contributed by atoms with van der Waals surface area (Å²) < 4.78 is 26.4. The third-order valence-electron chi connectivity index (χ3n) is 5.48. The number of hydrogen-bond donors (Lipinski definition) is 1. The standard InChI is InChI=1S/C24H33N3O4S/c1-7-25-24(29)20(5)26(15-21-12-8-10-17(2)14-21)23(28)16-27(32(6,30)31)22-13-9-11-18(3)19(22)4/h8-14,20H,7,15-16H2,1-6H3,(H,25,29)/t20-/m0/s1.